The molecule has 2 fully saturated rings. The molecule has 0 aliphatic carbocycles. The van der Waals surface area contributed by atoms with Gasteiger partial charge >= 0.3 is 0 Å². The Morgan fingerprint density at radius 3 is 2.56 bits per heavy atom. The molecular weight excluding hydrogens is 324 g/mol. The quantitative estimate of drug-likeness (QED) is 0.830. The van der Waals surface area contributed by atoms with Crippen LogP contribution in [-0.4, -0.2) is 82.7 Å². The summed E-state index contributed by atoms with van der Waals surface area (Å²) >= 11 is 0. The van der Waals surface area contributed by atoms with E-state index < -0.39 is 11.0 Å². The molecule has 0 bridgehead atoms. The van der Waals surface area contributed by atoms with Crippen LogP contribution in [0.15, 0.2) is 4.63 Å². The highest BCUT2D eigenvalue weighted by Gasteiger charge is 2.49. The minimum absolute atomic E-state index is 0.000275. The third kappa shape index (κ3) is 3.86. The lowest BCUT2D eigenvalue weighted by Gasteiger charge is -2.52. The molecule has 2 aliphatic rings. The van der Waals surface area contributed by atoms with Crippen molar-refractivity contribution in [2.75, 3.05) is 45.9 Å². The van der Waals surface area contributed by atoms with E-state index in [2.05, 4.69) is 19.8 Å². The molecule has 8 nitrogen and oxygen atoms in total. The first kappa shape index (κ1) is 18.3. The lowest BCUT2D eigenvalue weighted by Crippen LogP contribution is -2.63. The molecule has 140 valence electrons. The molecule has 1 aromatic heterocycles. The van der Waals surface area contributed by atoms with Gasteiger partial charge in [0.2, 0.25) is 5.91 Å². The Labute approximate surface area is 148 Å². The number of ether oxygens (including phenoxy) is 1. The van der Waals surface area contributed by atoms with E-state index in [1.54, 1.807) is 6.92 Å². The van der Waals surface area contributed by atoms with Crippen molar-refractivity contribution in [1.82, 2.24) is 20.1 Å². The summed E-state index contributed by atoms with van der Waals surface area (Å²) in [4.78, 5) is 16.7. The van der Waals surface area contributed by atoms with Gasteiger partial charge in [0, 0.05) is 38.1 Å². The zero-order valence-corrected chi connectivity index (χ0v) is 15.3. The Balaban J connectivity index is 1.63. The summed E-state index contributed by atoms with van der Waals surface area (Å²) in [6, 6.07) is 0. The first-order valence-corrected chi connectivity index (χ1v) is 8.89. The number of β-amino-alcohol motifs (C(OH)–C–C–N with tert-alkyl or cyclic N) is 1. The van der Waals surface area contributed by atoms with Crippen LogP contribution in [0, 0.1) is 12.3 Å². The van der Waals surface area contributed by atoms with Crippen molar-refractivity contribution in [3.05, 3.63) is 11.4 Å². The second-order valence-electron chi connectivity index (χ2n) is 7.84. The van der Waals surface area contributed by atoms with Gasteiger partial charge in [0.05, 0.1) is 25.2 Å². The van der Waals surface area contributed by atoms with Gasteiger partial charge in [-0.25, -0.2) is 4.63 Å². The monoisotopic (exact) mass is 352 g/mol. The van der Waals surface area contributed by atoms with Gasteiger partial charge in [-0.1, -0.05) is 24.2 Å². The Morgan fingerprint density at radius 2 is 1.96 bits per heavy atom. The summed E-state index contributed by atoms with van der Waals surface area (Å²) in [5, 5.41) is 18.8. The Bertz CT molecular complexity index is 612. The number of carbonyl (C=O) groups is 1. The molecule has 1 N–H and O–H groups in total. The number of hydrogen-bond donors (Lipinski definition) is 1. The smallest absolute Gasteiger partial charge is 0.228 e. The van der Waals surface area contributed by atoms with Crippen molar-refractivity contribution < 1.29 is 19.3 Å². The van der Waals surface area contributed by atoms with Crippen LogP contribution in [0.4, 0.5) is 0 Å². The zero-order valence-electron chi connectivity index (χ0n) is 15.3. The highest BCUT2D eigenvalue weighted by molar-refractivity contribution is 5.78. The molecule has 3 rings (SSSR count). The van der Waals surface area contributed by atoms with Crippen molar-refractivity contribution in [2.45, 2.75) is 39.2 Å². The Morgan fingerprint density at radius 1 is 1.24 bits per heavy atom. The standard InChI is InChI=1S/C17H28N4O4/c1-13-14(19-25-18-13)10-15(22)21-5-4-17(23,16(2,3)11-21)12-20-6-8-24-9-7-20/h23H,4-12H2,1-3H3/t17-/m0/s1. The first-order chi connectivity index (χ1) is 11.8. The number of piperidine rings is 1. The average molecular weight is 352 g/mol. The molecule has 1 atom stereocenters. The maximum atomic E-state index is 12.6. The molecule has 3 heterocycles. The number of aromatic nitrogens is 2. The molecule has 0 saturated carbocycles. The van der Waals surface area contributed by atoms with Gasteiger partial charge in [0.1, 0.15) is 11.4 Å². The van der Waals surface area contributed by atoms with Crippen LogP contribution in [-0.2, 0) is 16.0 Å². The van der Waals surface area contributed by atoms with Crippen LogP contribution in [0.25, 0.3) is 0 Å². The van der Waals surface area contributed by atoms with Crippen molar-refractivity contribution in [2.24, 2.45) is 5.41 Å². The fourth-order valence-corrected chi connectivity index (χ4v) is 3.66. The fourth-order valence-electron chi connectivity index (χ4n) is 3.66. The third-order valence-electron chi connectivity index (χ3n) is 5.65. The predicted molar refractivity (Wildman–Crippen MR) is 89.9 cm³/mol. The van der Waals surface area contributed by atoms with Gasteiger partial charge < -0.3 is 14.7 Å². The fraction of sp³-hybridized carbons (Fsp3) is 0.824. The number of nitrogens with zero attached hydrogens (tertiary/aromatic N) is 4. The number of carbonyl (C=O) groups excluding carboxylic acids is 1. The Hall–Kier alpha value is -1.51. The van der Waals surface area contributed by atoms with Gasteiger partial charge in [-0.15, -0.1) is 0 Å². The number of hydrogen-bond acceptors (Lipinski definition) is 7. The minimum atomic E-state index is -0.813. The summed E-state index contributed by atoms with van der Waals surface area (Å²) in [6.07, 6.45) is 0.756. The molecule has 2 aliphatic heterocycles. The molecule has 0 unspecified atom stereocenters. The summed E-state index contributed by atoms with van der Waals surface area (Å²) < 4.78 is 10.1. The van der Waals surface area contributed by atoms with Crippen molar-refractivity contribution in [3.63, 3.8) is 0 Å². The Kier molecular flexibility index (Phi) is 5.13. The summed E-state index contributed by atoms with van der Waals surface area (Å²) in [5.74, 6) is 0.000275. The molecule has 1 amide bonds. The number of morpholine rings is 1. The molecule has 0 radical (unpaired) electrons. The lowest BCUT2D eigenvalue weighted by atomic mass is 9.69. The predicted octanol–water partition coefficient (Wildman–Crippen LogP) is 0.242. The number of rotatable bonds is 4. The van der Waals surface area contributed by atoms with E-state index in [9.17, 15) is 9.90 Å². The molecule has 25 heavy (non-hydrogen) atoms. The van der Waals surface area contributed by atoms with Crippen LogP contribution in [0.5, 0.6) is 0 Å². The number of amides is 1. The molecule has 0 aromatic carbocycles. The van der Waals surface area contributed by atoms with E-state index in [0.717, 1.165) is 13.1 Å². The van der Waals surface area contributed by atoms with Crippen LogP contribution >= 0.6 is 0 Å². The molecular formula is C17H28N4O4. The van der Waals surface area contributed by atoms with E-state index in [1.165, 1.54) is 0 Å². The number of likely N-dealkylation sites (tertiary alicyclic amines) is 1. The molecule has 8 heteroatoms. The van der Waals surface area contributed by atoms with Crippen LogP contribution < -0.4 is 0 Å². The van der Waals surface area contributed by atoms with E-state index in [1.807, 2.05) is 18.7 Å². The lowest BCUT2D eigenvalue weighted by molar-refractivity contribution is -0.157. The van der Waals surface area contributed by atoms with E-state index in [4.69, 9.17) is 4.74 Å². The number of aliphatic hydroxyl groups is 1. The van der Waals surface area contributed by atoms with Crippen molar-refractivity contribution in [1.29, 1.82) is 0 Å². The van der Waals surface area contributed by atoms with Gasteiger partial charge in [0.25, 0.3) is 0 Å². The maximum Gasteiger partial charge on any atom is 0.228 e. The summed E-state index contributed by atoms with van der Waals surface area (Å²) in [6.45, 7) is 10.7. The van der Waals surface area contributed by atoms with Gasteiger partial charge in [-0.2, -0.15) is 0 Å². The topological polar surface area (TPSA) is 91.9 Å². The van der Waals surface area contributed by atoms with Crippen LogP contribution in [0.2, 0.25) is 0 Å². The second-order valence-corrected chi connectivity index (χ2v) is 7.84. The third-order valence-corrected chi connectivity index (χ3v) is 5.65. The number of aryl methyl sites for hydroxylation is 1. The normalized spacial score (nSPS) is 27.4. The minimum Gasteiger partial charge on any atom is -0.388 e. The van der Waals surface area contributed by atoms with Crippen LogP contribution in [0.3, 0.4) is 0 Å². The van der Waals surface area contributed by atoms with E-state index in [0.29, 0.717) is 50.7 Å². The second kappa shape index (κ2) is 7.01. The largest absolute Gasteiger partial charge is 0.388 e. The average Bonchev–Trinajstić information content (AvgIpc) is 2.96. The molecule has 2 saturated heterocycles. The highest BCUT2D eigenvalue weighted by atomic mass is 16.6. The van der Waals surface area contributed by atoms with Crippen molar-refractivity contribution >= 4 is 5.91 Å². The highest BCUT2D eigenvalue weighted by Crippen LogP contribution is 2.39. The first-order valence-electron chi connectivity index (χ1n) is 8.89. The molecule has 0 spiro atoms. The molecule has 1 aromatic rings. The maximum absolute atomic E-state index is 12.6. The van der Waals surface area contributed by atoms with E-state index >= 15 is 0 Å². The zero-order chi connectivity index (χ0) is 18.1. The van der Waals surface area contributed by atoms with Crippen LogP contribution in [0.1, 0.15) is 31.7 Å². The summed E-state index contributed by atoms with van der Waals surface area (Å²) in [7, 11) is 0. The van der Waals surface area contributed by atoms with Gasteiger partial charge in [-0.05, 0) is 13.3 Å². The van der Waals surface area contributed by atoms with E-state index in [-0.39, 0.29) is 12.3 Å². The van der Waals surface area contributed by atoms with Crippen molar-refractivity contribution in [3.8, 4) is 0 Å². The van der Waals surface area contributed by atoms with Gasteiger partial charge in [0.15, 0.2) is 0 Å². The van der Waals surface area contributed by atoms with Gasteiger partial charge in [-0.3, -0.25) is 9.69 Å². The SMILES string of the molecule is Cc1nonc1CC(=O)N1CC[C@](O)(CN2CCOCC2)C(C)(C)C1. The summed E-state index contributed by atoms with van der Waals surface area (Å²) in [5.41, 5.74) is 0.0217.